The standard InChI is InChI=1S/C15H32N2/c1-6-14(7-2)11-17-12-15(8-3,9-4)16-10-13(17)5/h13-14,16H,6-12H2,1-5H3. The average Bonchev–Trinajstić information content (AvgIpc) is 2.38. The fourth-order valence-electron chi connectivity index (χ4n) is 2.94. The summed E-state index contributed by atoms with van der Waals surface area (Å²) in [5.74, 6) is 0.877. The zero-order chi connectivity index (χ0) is 12.9. The molecule has 0 aliphatic carbocycles. The minimum absolute atomic E-state index is 0.374. The molecule has 1 aliphatic rings. The fraction of sp³-hybridized carbons (Fsp3) is 1.00. The molecule has 1 rings (SSSR count). The molecule has 1 N–H and O–H groups in total. The van der Waals surface area contributed by atoms with E-state index in [9.17, 15) is 0 Å². The first kappa shape index (κ1) is 15.0. The van der Waals surface area contributed by atoms with Crippen LogP contribution in [0.25, 0.3) is 0 Å². The summed E-state index contributed by atoms with van der Waals surface area (Å²) in [6.07, 6.45) is 5.13. The first-order chi connectivity index (χ1) is 8.10. The van der Waals surface area contributed by atoms with Gasteiger partial charge in [-0.3, -0.25) is 4.90 Å². The number of rotatable bonds is 6. The third-order valence-corrected chi connectivity index (χ3v) is 4.90. The number of nitrogens with one attached hydrogen (secondary N) is 1. The minimum Gasteiger partial charge on any atom is -0.308 e. The van der Waals surface area contributed by atoms with Gasteiger partial charge in [-0.2, -0.15) is 0 Å². The predicted molar refractivity (Wildman–Crippen MR) is 76.4 cm³/mol. The normalized spacial score (nSPS) is 25.4. The third-order valence-electron chi connectivity index (χ3n) is 4.90. The van der Waals surface area contributed by atoms with Gasteiger partial charge in [0.1, 0.15) is 0 Å². The Morgan fingerprint density at radius 1 is 1.18 bits per heavy atom. The number of hydrogen-bond donors (Lipinski definition) is 1. The summed E-state index contributed by atoms with van der Waals surface area (Å²) in [5, 5.41) is 3.78. The van der Waals surface area contributed by atoms with Gasteiger partial charge in [-0.05, 0) is 25.7 Å². The lowest BCUT2D eigenvalue weighted by molar-refractivity contribution is 0.0656. The second kappa shape index (κ2) is 6.75. The molecule has 102 valence electrons. The molecule has 0 spiro atoms. The summed E-state index contributed by atoms with van der Waals surface area (Å²) in [5.41, 5.74) is 0.374. The van der Waals surface area contributed by atoms with Crippen molar-refractivity contribution in [3.8, 4) is 0 Å². The van der Waals surface area contributed by atoms with Gasteiger partial charge in [-0.15, -0.1) is 0 Å². The quantitative estimate of drug-likeness (QED) is 0.766. The summed E-state index contributed by atoms with van der Waals surface area (Å²) >= 11 is 0. The van der Waals surface area contributed by atoms with Crippen LogP contribution in [0.3, 0.4) is 0 Å². The van der Waals surface area contributed by atoms with E-state index in [-0.39, 0.29) is 0 Å². The van der Waals surface area contributed by atoms with Crippen molar-refractivity contribution < 1.29 is 0 Å². The predicted octanol–water partition coefficient (Wildman–Crippen LogP) is 3.28. The van der Waals surface area contributed by atoms with Gasteiger partial charge in [-0.1, -0.05) is 40.5 Å². The molecule has 0 aromatic heterocycles. The van der Waals surface area contributed by atoms with E-state index in [1.807, 2.05) is 0 Å². The smallest absolute Gasteiger partial charge is 0.0304 e. The van der Waals surface area contributed by atoms with Crippen LogP contribution in [-0.2, 0) is 0 Å². The highest BCUT2D eigenvalue weighted by Crippen LogP contribution is 2.24. The minimum atomic E-state index is 0.374. The highest BCUT2D eigenvalue weighted by Gasteiger charge is 2.35. The Kier molecular flexibility index (Phi) is 5.94. The summed E-state index contributed by atoms with van der Waals surface area (Å²) in [4.78, 5) is 2.72. The first-order valence-corrected chi connectivity index (χ1v) is 7.59. The molecule has 0 aromatic rings. The van der Waals surface area contributed by atoms with Gasteiger partial charge in [0.05, 0.1) is 0 Å². The molecule has 0 aromatic carbocycles. The Hall–Kier alpha value is -0.0800. The maximum absolute atomic E-state index is 3.78. The molecule has 1 unspecified atom stereocenters. The first-order valence-electron chi connectivity index (χ1n) is 7.59. The van der Waals surface area contributed by atoms with Crippen molar-refractivity contribution >= 4 is 0 Å². The summed E-state index contributed by atoms with van der Waals surface area (Å²) in [6, 6.07) is 0.696. The molecule has 0 bridgehead atoms. The van der Waals surface area contributed by atoms with Crippen LogP contribution < -0.4 is 5.32 Å². The zero-order valence-corrected chi connectivity index (χ0v) is 12.6. The second-order valence-electron chi connectivity index (χ2n) is 5.83. The van der Waals surface area contributed by atoms with Gasteiger partial charge >= 0.3 is 0 Å². The molecule has 2 nitrogen and oxygen atoms in total. The summed E-state index contributed by atoms with van der Waals surface area (Å²) in [6.45, 7) is 15.3. The van der Waals surface area contributed by atoms with Crippen LogP contribution in [0.5, 0.6) is 0 Å². The molecule has 17 heavy (non-hydrogen) atoms. The van der Waals surface area contributed by atoms with Gasteiger partial charge in [0.25, 0.3) is 0 Å². The van der Waals surface area contributed by atoms with Crippen molar-refractivity contribution in [3.05, 3.63) is 0 Å². The largest absolute Gasteiger partial charge is 0.308 e. The lowest BCUT2D eigenvalue weighted by Gasteiger charge is -2.47. The van der Waals surface area contributed by atoms with Crippen molar-refractivity contribution in [2.45, 2.75) is 71.9 Å². The number of hydrogen-bond acceptors (Lipinski definition) is 2. The van der Waals surface area contributed by atoms with E-state index >= 15 is 0 Å². The van der Waals surface area contributed by atoms with Crippen LogP contribution in [0.15, 0.2) is 0 Å². The molecule has 1 atom stereocenters. The summed E-state index contributed by atoms with van der Waals surface area (Å²) in [7, 11) is 0. The molecular weight excluding hydrogens is 208 g/mol. The van der Waals surface area contributed by atoms with Gasteiger partial charge in [-0.25, -0.2) is 0 Å². The van der Waals surface area contributed by atoms with E-state index in [0.29, 0.717) is 11.6 Å². The lowest BCUT2D eigenvalue weighted by Crippen LogP contribution is -2.63. The highest BCUT2D eigenvalue weighted by atomic mass is 15.2. The molecule has 0 radical (unpaired) electrons. The lowest BCUT2D eigenvalue weighted by atomic mass is 9.88. The average molecular weight is 240 g/mol. The Bertz CT molecular complexity index is 207. The molecule has 0 saturated carbocycles. The van der Waals surface area contributed by atoms with E-state index in [0.717, 1.165) is 12.5 Å². The molecule has 0 amide bonds. The Labute approximate surface area is 108 Å². The van der Waals surface area contributed by atoms with Crippen molar-refractivity contribution in [2.75, 3.05) is 19.6 Å². The van der Waals surface area contributed by atoms with Crippen LogP contribution in [0.2, 0.25) is 0 Å². The highest BCUT2D eigenvalue weighted by molar-refractivity contribution is 4.95. The zero-order valence-electron chi connectivity index (χ0n) is 12.6. The van der Waals surface area contributed by atoms with E-state index < -0.39 is 0 Å². The van der Waals surface area contributed by atoms with Crippen LogP contribution in [-0.4, -0.2) is 36.1 Å². The monoisotopic (exact) mass is 240 g/mol. The van der Waals surface area contributed by atoms with Crippen molar-refractivity contribution in [1.82, 2.24) is 10.2 Å². The molecule has 1 heterocycles. The Morgan fingerprint density at radius 3 is 2.24 bits per heavy atom. The Morgan fingerprint density at radius 2 is 1.76 bits per heavy atom. The molecule has 2 heteroatoms. The third kappa shape index (κ3) is 3.69. The number of nitrogens with zero attached hydrogens (tertiary/aromatic N) is 1. The van der Waals surface area contributed by atoms with Gasteiger partial charge in [0, 0.05) is 31.2 Å². The Balaban J connectivity index is 2.62. The van der Waals surface area contributed by atoms with Gasteiger partial charge in [0.2, 0.25) is 0 Å². The van der Waals surface area contributed by atoms with E-state index in [1.54, 1.807) is 0 Å². The molecule has 1 saturated heterocycles. The van der Waals surface area contributed by atoms with Crippen LogP contribution in [0, 0.1) is 5.92 Å². The van der Waals surface area contributed by atoms with E-state index in [1.165, 1.54) is 38.8 Å². The van der Waals surface area contributed by atoms with Crippen LogP contribution in [0.1, 0.15) is 60.3 Å². The van der Waals surface area contributed by atoms with E-state index in [2.05, 4.69) is 44.8 Å². The molecular formula is C15H32N2. The maximum Gasteiger partial charge on any atom is 0.0304 e. The molecule has 1 fully saturated rings. The van der Waals surface area contributed by atoms with E-state index in [4.69, 9.17) is 0 Å². The van der Waals surface area contributed by atoms with Crippen molar-refractivity contribution in [3.63, 3.8) is 0 Å². The topological polar surface area (TPSA) is 15.3 Å². The SMILES string of the molecule is CCC(CC)CN1CC(CC)(CC)NCC1C. The summed E-state index contributed by atoms with van der Waals surface area (Å²) < 4.78 is 0. The van der Waals surface area contributed by atoms with Crippen LogP contribution in [0.4, 0.5) is 0 Å². The number of piperazine rings is 1. The maximum atomic E-state index is 3.78. The fourth-order valence-corrected chi connectivity index (χ4v) is 2.94. The molecule has 1 aliphatic heterocycles. The van der Waals surface area contributed by atoms with Gasteiger partial charge in [0.15, 0.2) is 0 Å². The van der Waals surface area contributed by atoms with Gasteiger partial charge < -0.3 is 5.32 Å². The van der Waals surface area contributed by atoms with Crippen molar-refractivity contribution in [1.29, 1.82) is 0 Å². The van der Waals surface area contributed by atoms with Crippen molar-refractivity contribution in [2.24, 2.45) is 5.92 Å². The second-order valence-corrected chi connectivity index (χ2v) is 5.83. The van der Waals surface area contributed by atoms with Crippen LogP contribution >= 0.6 is 0 Å².